The molecule has 20 heavy (non-hydrogen) atoms. The Morgan fingerprint density at radius 2 is 1.80 bits per heavy atom. The van der Waals surface area contributed by atoms with Crippen molar-refractivity contribution in [1.29, 1.82) is 0 Å². The molecule has 0 fully saturated rings. The molecule has 0 heterocycles. The Labute approximate surface area is 116 Å². The van der Waals surface area contributed by atoms with Gasteiger partial charge in [0.15, 0.2) is 0 Å². The van der Waals surface area contributed by atoms with E-state index >= 15 is 0 Å². The van der Waals surface area contributed by atoms with Gasteiger partial charge in [0.05, 0.1) is 4.92 Å². The Balaban J connectivity index is 2.37. The van der Waals surface area contributed by atoms with Gasteiger partial charge in [-0.2, -0.15) is 4.28 Å². The highest BCUT2D eigenvalue weighted by Crippen LogP contribution is 2.30. The third-order valence-corrected chi connectivity index (χ3v) is 2.74. The van der Waals surface area contributed by atoms with Crippen LogP contribution in [-0.4, -0.2) is 13.7 Å². The van der Waals surface area contributed by atoms with Crippen molar-refractivity contribution in [2.24, 2.45) is 0 Å². The molecule has 0 aliphatic carbocycles. The third kappa shape index (κ3) is 3.38. The number of nitrogens with one attached hydrogen (secondary N) is 1. The summed E-state index contributed by atoms with van der Waals surface area (Å²) in [6.45, 7) is 0. The predicted octanol–water partition coefficient (Wildman–Crippen LogP) is 2.40. The molecule has 2 rings (SSSR count). The van der Waals surface area contributed by atoms with Gasteiger partial charge in [0.25, 0.3) is 5.69 Å². The summed E-state index contributed by atoms with van der Waals surface area (Å²) < 4.78 is 24.7. The third-order valence-electron chi connectivity index (χ3n) is 2.52. The van der Waals surface area contributed by atoms with Crippen molar-refractivity contribution in [3.8, 4) is 11.1 Å². The fourth-order valence-corrected chi connectivity index (χ4v) is 1.82. The largest absolute Gasteiger partial charge is 0.748 e. The number of rotatable bonds is 5. The molecule has 0 aliphatic heterocycles. The van der Waals surface area contributed by atoms with Crippen molar-refractivity contribution >= 4 is 22.7 Å². The minimum atomic E-state index is -2.81. The molecule has 0 radical (unpaired) electrons. The molecular formula is C12H9N2O5S-. The first kappa shape index (κ1) is 14.1. The first-order valence-electron chi connectivity index (χ1n) is 5.44. The number of hydrogen-bond acceptors (Lipinski definition) is 6. The van der Waals surface area contributed by atoms with Crippen LogP contribution < -0.4 is 5.48 Å². The summed E-state index contributed by atoms with van der Waals surface area (Å²) in [5.74, 6) is 0. The Hall–Kier alpha value is -2.29. The Kier molecular flexibility index (Phi) is 4.41. The maximum Gasteiger partial charge on any atom is 0.295 e. The summed E-state index contributed by atoms with van der Waals surface area (Å²) in [6, 6.07) is 13.5. The van der Waals surface area contributed by atoms with Crippen LogP contribution in [-0.2, 0) is 15.6 Å². The summed E-state index contributed by atoms with van der Waals surface area (Å²) in [5.41, 5.74) is 3.15. The summed E-state index contributed by atoms with van der Waals surface area (Å²) in [6.07, 6.45) is 0. The van der Waals surface area contributed by atoms with Gasteiger partial charge in [0, 0.05) is 6.07 Å². The summed E-state index contributed by atoms with van der Waals surface area (Å²) in [4.78, 5) is 10.4. The maximum atomic E-state index is 11.0. The van der Waals surface area contributed by atoms with Gasteiger partial charge in [-0.3, -0.25) is 10.1 Å². The average molecular weight is 293 g/mol. The smallest absolute Gasteiger partial charge is 0.295 e. The van der Waals surface area contributed by atoms with Crippen molar-refractivity contribution in [3.05, 3.63) is 58.6 Å². The number of anilines is 1. The fourth-order valence-electron chi connectivity index (χ4n) is 1.66. The number of hydrogen-bond donors (Lipinski definition) is 1. The van der Waals surface area contributed by atoms with Crippen LogP contribution in [0, 0.1) is 10.1 Å². The number of benzene rings is 2. The summed E-state index contributed by atoms with van der Waals surface area (Å²) in [7, 11) is 0. The molecule has 1 N–H and O–H groups in total. The second-order valence-electron chi connectivity index (χ2n) is 3.74. The monoisotopic (exact) mass is 293 g/mol. The molecule has 2 aromatic carbocycles. The van der Waals surface area contributed by atoms with Crippen molar-refractivity contribution in [1.82, 2.24) is 0 Å². The van der Waals surface area contributed by atoms with E-state index in [2.05, 4.69) is 4.28 Å². The lowest BCUT2D eigenvalue weighted by atomic mass is 10.0. The molecule has 1 unspecified atom stereocenters. The minimum absolute atomic E-state index is 0.0427. The fraction of sp³-hybridized carbons (Fsp3) is 0. The van der Waals surface area contributed by atoms with Crippen LogP contribution in [0.2, 0.25) is 0 Å². The molecule has 0 aliphatic rings. The molecule has 0 amide bonds. The van der Waals surface area contributed by atoms with E-state index in [4.69, 9.17) is 0 Å². The van der Waals surface area contributed by atoms with Crippen molar-refractivity contribution in [2.45, 2.75) is 0 Å². The first-order valence-corrected chi connectivity index (χ1v) is 6.44. The van der Waals surface area contributed by atoms with E-state index in [9.17, 15) is 18.9 Å². The molecule has 8 heteroatoms. The predicted molar refractivity (Wildman–Crippen MR) is 72.2 cm³/mol. The molecular weight excluding hydrogens is 284 g/mol. The topological polar surface area (TPSA) is 105 Å². The molecule has 0 aromatic heterocycles. The zero-order valence-electron chi connectivity index (χ0n) is 10.0. The van der Waals surface area contributed by atoms with Gasteiger partial charge >= 0.3 is 0 Å². The van der Waals surface area contributed by atoms with Crippen LogP contribution >= 0.6 is 0 Å². The van der Waals surface area contributed by atoms with Gasteiger partial charge in [-0.1, -0.05) is 36.4 Å². The SMILES string of the molecule is O=[N+]([O-])c1cc(-c2ccccc2)ccc1NOS(=O)[O-]. The van der Waals surface area contributed by atoms with Crippen LogP contribution in [0.3, 0.4) is 0 Å². The number of nitro groups is 1. The van der Waals surface area contributed by atoms with Gasteiger partial charge in [-0.15, -0.1) is 0 Å². The highest BCUT2D eigenvalue weighted by molar-refractivity contribution is 7.74. The normalized spacial score (nSPS) is 11.8. The molecule has 0 saturated carbocycles. The Morgan fingerprint density at radius 1 is 1.10 bits per heavy atom. The average Bonchev–Trinajstić information content (AvgIpc) is 2.45. The van der Waals surface area contributed by atoms with E-state index in [0.29, 0.717) is 5.56 Å². The molecule has 0 bridgehead atoms. The molecule has 0 saturated heterocycles. The van der Waals surface area contributed by atoms with E-state index in [0.717, 1.165) is 5.56 Å². The van der Waals surface area contributed by atoms with Crippen LogP contribution in [0.5, 0.6) is 0 Å². The van der Waals surface area contributed by atoms with Gasteiger partial charge < -0.3 is 4.55 Å². The first-order chi connectivity index (χ1) is 9.58. The zero-order valence-corrected chi connectivity index (χ0v) is 10.8. The minimum Gasteiger partial charge on any atom is -0.748 e. The second-order valence-corrected chi connectivity index (χ2v) is 4.32. The van der Waals surface area contributed by atoms with E-state index in [1.807, 2.05) is 35.8 Å². The molecule has 7 nitrogen and oxygen atoms in total. The van der Waals surface area contributed by atoms with E-state index < -0.39 is 16.3 Å². The van der Waals surface area contributed by atoms with Crippen LogP contribution in [0.4, 0.5) is 11.4 Å². The molecule has 104 valence electrons. The van der Waals surface area contributed by atoms with E-state index in [1.165, 1.54) is 12.1 Å². The van der Waals surface area contributed by atoms with Gasteiger partial charge in [-0.25, -0.2) is 9.69 Å². The Morgan fingerprint density at radius 3 is 2.40 bits per heavy atom. The number of nitro benzene ring substituents is 1. The van der Waals surface area contributed by atoms with Crippen LogP contribution in [0.25, 0.3) is 11.1 Å². The van der Waals surface area contributed by atoms with Gasteiger partial charge in [0.1, 0.15) is 17.0 Å². The van der Waals surface area contributed by atoms with Crippen LogP contribution in [0.15, 0.2) is 48.5 Å². The summed E-state index contributed by atoms with van der Waals surface area (Å²) in [5, 5.41) is 11.0. The lowest BCUT2D eigenvalue weighted by molar-refractivity contribution is -0.384. The highest BCUT2D eigenvalue weighted by Gasteiger charge is 2.15. The molecule has 0 spiro atoms. The van der Waals surface area contributed by atoms with E-state index in [1.54, 1.807) is 6.07 Å². The quantitative estimate of drug-likeness (QED) is 0.515. The Bertz CT molecular complexity index is 648. The zero-order chi connectivity index (χ0) is 14.5. The molecule has 1 atom stereocenters. The second kappa shape index (κ2) is 6.24. The summed E-state index contributed by atoms with van der Waals surface area (Å²) >= 11 is -2.81. The lowest BCUT2D eigenvalue weighted by Gasteiger charge is -2.09. The standard InChI is InChI=1S/C12H10N2O5S/c15-14(16)12-8-10(9-4-2-1-3-5-9)6-7-11(12)13-19-20(17)18/h1-8,13H,(H,17,18)/p-1. The van der Waals surface area contributed by atoms with Gasteiger partial charge in [-0.05, 0) is 17.2 Å². The van der Waals surface area contributed by atoms with Crippen molar-refractivity contribution in [2.75, 3.05) is 5.48 Å². The van der Waals surface area contributed by atoms with Gasteiger partial charge in [0.2, 0.25) is 0 Å². The van der Waals surface area contributed by atoms with Crippen molar-refractivity contribution < 1.29 is 18.0 Å². The maximum absolute atomic E-state index is 11.0. The molecule has 2 aromatic rings. The number of nitrogens with zero attached hydrogens (tertiary/aromatic N) is 1. The highest BCUT2D eigenvalue weighted by atomic mass is 32.2. The van der Waals surface area contributed by atoms with Crippen LogP contribution in [0.1, 0.15) is 0 Å². The van der Waals surface area contributed by atoms with Crippen molar-refractivity contribution in [3.63, 3.8) is 0 Å². The van der Waals surface area contributed by atoms with E-state index in [-0.39, 0.29) is 11.4 Å². The lowest BCUT2D eigenvalue weighted by Crippen LogP contribution is -2.06.